The third kappa shape index (κ3) is 2.01. The molecule has 0 bridgehead atoms. The summed E-state index contributed by atoms with van der Waals surface area (Å²) in [5.74, 6) is -1.05. The molecule has 0 aliphatic heterocycles. The second-order valence-corrected chi connectivity index (χ2v) is 4.98. The van der Waals surface area contributed by atoms with Gasteiger partial charge in [-0.3, -0.25) is 9.59 Å². The van der Waals surface area contributed by atoms with E-state index in [9.17, 15) is 9.59 Å². The Kier molecular flexibility index (Phi) is 2.82. The van der Waals surface area contributed by atoms with Gasteiger partial charge in [0.1, 0.15) is 5.78 Å². The number of carboxylic acids is 1. The quantitative estimate of drug-likeness (QED) is 0.912. The van der Waals surface area contributed by atoms with Crippen molar-refractivity contribution in [3.05, 3.63) is 47.5 Å². The maximum atomic E-state index is 12.2. The van der Waals surface area contributed by atoms with Crippen LogP contribution in [0.4, 0.5) is 0 Å². The summed E-state index contributed by atoms with van der Waals surface area (Å²) in [5, 5.41) is 11.0. The average Bonchev–Trinajstić information content (AvgIpc) is 2.78. The van der Waals surface area contributed by atoms with Gasteiger partial charge in [0.05, 0.1) is 6.42 Å². The Balaban J connectivity index is 1.95. The fraction of sp³-hybridized carbons (Fsp3) is 0.250. The van der Waals surface area contributed by atoms with Crippen LogP contribution in [0, 0.1) is 0 Å². The minimum absolute atomic E-state index is 0.0334. The van der Waals surface area contributed by atoms with E-state index in [1.54, 1.807) is 0 Å². The molecule has 0 spiro atoms. The van der Waals surface area contributed by atoms with Gasteiger partial charge in [0.25, 0.3) is 0 Å². The van der Waals surface area contributed by atoms with Crippen molar-refractivity contribution in [2.45, 2.75) is 25.2 Å². The van der Waals surface area contributed by atoms with E-state index in [1.807, 2.05) is 30.3 Å². The Morgan fingerprint density at radius 3 is 2.58 bits per heavy atom. The Labute approximate surface area is 110 Å². The second kappa shape index (κ2) is 4.50. The molecule has 1 atom stereocenters. The van der Waals surface area contributed by atoms with Crippen molar-refractivity contribution in [1.29, 1.82) is 0 Å². The predicted molar refractivity (Wildman–Crippen MR) is 72.3 cm³/mol. The van der Waals surface area contributed by atoms with Crippen LogP contribution in [-0.2, 0) is 16.0 Å². The van der Waals surface area contributed by atoms with E-state index < -0.39 is 5.97 Å². The van der Waals surface area contributed by atoms with Crippen LogP contribution in [0.25, 0.3) is 10.8 Å². The Morgan fingerprint density at radius 2 is 1.84 bits per heavy atom. The number of ketones is 1. The third-order valence-electron chi connectivity index (χ3n) is 3.80. The molecule has 2 aromatic rings. The summed E-state index contributed by atoms with van der Waals surface area (Å²) in [6.45, 7) is 0. The van der Waals surface area contributed by atoms with Gasteiger partial charge in [-0.25, -0.2) is 0 Å². The molecule has 1 N–H and O–H groups in total. The summed E-state index contributed by atoms with van der Waals surface area (Å²) < 4.78 is 0. The number of rotatable bonds is 4. The van der Waals surface area contributed by atoms with Crippen LogP contribution in [0.1, 0.15) is 29.9 Å². The minimum Gasteiger partial charge on any atom is -0.481 e. The van der Waals surface area contributed by atoms with Crippen LogP contribution in [0.15, 0.2) is 36.4 Å². The van der Waals surface area contributed by atoms with Gasteiger partial charge in [-0.2, -0.15) is 0 Å². The zero-order valence-corrected chi connectivity index (χ0v) is 10.4. The zero-order chi connectivity index (χ0) is 13.4. The highest BCUT2D eigenvalue weighted by molar-refractivity contribution is 5.99. The first-order chi connectivity index (χ1) is 9.16. The first kappa shape index (κ1) is 11.9. The molecular formula is C16H14O3. The number of aliphatic carboxylic acids is 1. The van der Waals surface area contributed by atoms with Gasteiger partial charge in [0.15, 0.2) is 0 Å². The van der Waals surface area contributed by atoms with Gasteiger partial charge >= 0.3 is 5.97 Å². The molecule has 1 unspecified atom stereocenters. The van der Waals surface area contributed by atoms with E-state index in [0.717, 1.165) is 10.9 Å². The van der Waals surface area contributed by atoms with Crippen molar-refractivity contribution in [2.24, 2.45) is 0 Å². The molecule has 0 fully saturated rings. The van der Waals surface area contributed by atoms with E-state index in [2.05, 4.69) is 6.07 Å². The van der Waals surface area contributed by atoms with Gasteiger partial charge < -0.3 is 5.11 Å². The molecule has 0 heterocycles. The summed E-state index contributed by atoms with van der Waals surface area (Å²) in [4.78, 5) is 22.8. The lowest BCUT2D eigenvalue weighted by atomic mass is 9.93. The van der Waals surface area contributed by atoms with Crippen LogP contribution in [0.3, 0.4) is 0 Å². The summed E-state index contributed by atoms with van der Waals surface area (Å²) >= 11 is 0. The van der Waals surface area contributed by atoms with Crippen molar-refractivity contribution in [2.75, 3.05) is 0 Å². The highest BCUT2D eigenvalue weighted by Gasteiger charge is 2.29. The molecule has 0 saturated carbocycles. The van der Waals surface area contributed by atoms with Crippen LogP contribution >= 0.6 is 0 Å². The van der Waals surface area contributed by atoms with Crippen molar-refractivity contribution in [3.8, 4) is 0 Å². The molecule has 3 heteroatoms. The van der Waals surface area contributed by atoms with E-state index in [4.69, 9.17) is 5.11 Å². The summed E-state index contributed by atoms with van der Waals surface area (Å²) in [6.07, 6.45) is 0.737. The smallest absolute Gasteiger partial charge is 0.303 e. The number of benzene rings is 2. The van der Waals surface area contributed by atoms with E-state index >= 15 is 0 Å². The molecule has 0 aromatic heterocycles. The van der Waals surface area contributed by atoms with Crippen LogP contribution in [0.2, 0.25) is 0 Å². The molecule has 3 nitrogen and oxygen atoms in total. The summed E-state index contributed by atoms with van der Waals surface area (Å²) in [6, 6.07) is 12.1. The average molecular weight is 254 g/mol. The molecule has 96 valence electrons. The number of carbonyl (C=O) groups excluding carboxylic acids is 1. The molecule has 1 aliphatic rings. The molecule has 1 aliphatic carbocycles. The lowest BCUT2D eigenvalue weighted by Crippen LogP contribution is -2.13. The number of carbonyl (C=O) groups is 2. The first-order valence-electron chi connectivity index (χ1n) is 6.42. The van der Waals surface area contributed by atoms with Crippen LogP contribution in [0.5, 0.6) is 0 Å². The Bertz CT molecular complexity index is 667. The maximum absolute atomic E-state index is 12.2. The second-order valence-electron chi connectivity index (χ2n) is 4.98. The van der Waals surface area contributed by atoms with Crippen LogP contribution < -0.4 is 0 Å². The SMILES string of the molecule is O=C(O)CCC(=O)C1Cc2cccc3cccc1c23. The van der Waals surface area contributed by atoms with Crippen molar-refractivity contribution in [1.82, 2.24) is 0 Å². The summed E-state index contributed by atoms with van der Waals surface area (Å²) in [5.41, 5.74) is 2.25. The van der Waals surface area contributed by atoms with Crippen molar-refractivity contribution >= 4 is 22.5 Å². The van der Waals surface area contributed by atoms with Gasteiger partial charge in [0.2, 0.25) is 0 Å². The standard InChI is InChI=1S/C16H14O3/c17-14(7-8-15(18)19)13-9-11-5-1-3-10-4-2-6-12(13)16(10)11/h1-6,13H,7-9H2,(H,18,19). The van der Waals surface area contributed by atoms with E-state index in [0.29, 0.717) is 6.42 Å². The minimum atomic E-state index is -0.915. The van der Waals surface area contributed by atoms with Crippen molar-refractivity contribution < 1.29 is 14.7 Å². The number of Topliss-reactive ketones (excluding diaryl/α,β-unsaturated/α-hetero) is 1. The van der Waals surface area contributed by atoms with E-state index in [-0.39, 0.29) is 24.5 Å². The highest BCUT2D eigenvalue weighted by atomic mass is 16.4. The number of hydrogen-bond acceptors (Lipinski definition) is 2. The van der Waals surface area contributed by atoms with Gasteiger partial charge in [0, 0.05) is 12.3 Å². The van der Waals surface area contributed by atoms with Crippen molar-refractivity contribution in [3.63, 3.8) is 0 Å². The Morgan fingerprint density at radius 1 is 1.11 bits per heavy atom. The Hall–Kier alpha value is -2.16. The largest absolute Gasteiger partial charge is 0.481 e. The lowest BCUT2D eigenvalue weighted by Gasteiger charge is -2.09. The predicted octanol–water partition coefficient (Wildman–Crippen LogP) is 2.91. The highest BCUT2D eigenvalue weighted by Crippen LogP contribution is 2.39. The first-order valence-corrected chi connectivity index (χ1v) is 6.42. The zero-order valence-electron chi connectivity index (χ0n) is 10.4. The normalized spacial score (nSPS) is 16.7. The summed E-state index contributed by atoms with van der Waals surface area (Å²) in [7, 11) is 0. The molecular weight excluding hydrogens is 240 g/mol. The molecule has 0 radical (unpaired) electrons. The molecule has 0 saturated heterocycles. The van der Waals surface area contributed by atoms with Crippen LogP contribution in [-0.4, -0.2) is 16.9 Å². The van der Waals surface area contributed by atoms with Gasteiger partial charge in [-0.05, 0) is 28.3 Å². The maximum Gasteiger partial charge on any atom is 0.303 e. The molecule has 3 rings (SSSR count). The van der Waals surface area contributed by atoms with Gasteiger partial charge in [-0.15, -0.1) is 0 Å². The van der Waals surface area contributed by atoms with E-state index in [1.165, 1.54) is 10.9 Å². The molecule has 2 aromatic carbocycles. The fourth-order valence-corrected chi connectivity index (χ4v) is 2.93. The number of carboxylic acid groups (broad SMARTS) is 1. The topological polar surface area (TPSA) is 54.4 Å². The molecule has 0 amide bonds. The molecule has 19 heavy (non-hydrogen) atoms. The lowest BCUT2D eigenvalue weighted by molar-refractivity contribution is -0.138. The number of hydrogen-bond donors (Lipinski definition) is 1. The third-order valence-corrected chi connectivity index (χ3v) is 3.80. The fourth-order valence-electron chi connectivity index (χ4n) is 2.93. The van der Waals surface area contributed by atoms with Gasteiger partial charge in [-0.1, -0.05) is 36.4 Å². The monoisotopic (exact) mass is 254 g/mol.